The Morgan fingerprint density at radius 3 is 2.89 bits per heavy atom. The van der Waals surface area contributed by atoms with Gasteiger partial charge < -0.3 is 4.90 Å². The second-order valence-corrected chi connectivity index (χ2v) is 5.59. The smallest absolute Gasteiger partial charge is 0.0638 e. The maximum Gasteiger partial charge on any atom is 0.0638 e. The van der Waals surface area contributed by atoms with Crippen molar-refractivity contribution in [3.05, 3.63) is 30.1 Å². The first-order valence-corrected chi connectivity index (χ1v) is 6.88. The largest absolute Gasteiger partial charge is 0.304 e. The Kier molecular flexibility index (Phi) is 4.89. The zero-order chi connectivity index (χ0) is 13.7. The van der Waals surface area contributed by atoms with E-state index in [-0.39, 0.29) is 0 Å². The van der Waals surface area contributed by atoms with E-state index in [0.717, 1.165) is 31.9 Å². The lowest BCUT2D eigenvalue weighted by atomic mass is 10.1. The highest BCUT2D eigenvalue weighted by molar-refractivity contribution is 5.04. The van der Waals surface area contributed by atoms with Crippen LogP contribution in [0.25, 0.3) is 0 Å². The van der Waals surface area contributed by atoms with Crippen molar-refractivity contribution in [3.63, 3.8) is 0 Å². The van der Waals surface area contributed by atoms with E-state index in [9.17, 15) is 0 Å². The molecule has 4 nitrogen and oxygen atoms in total. The molecule has 0 aromatic carbocycles. The summed E-state index contributed by atoms with van der Waals surface area (Å²) in [5.41, 5.74) is 1.09. The molecule has 1 aliphatic heterocycles. The molecule has 2 atom stereocenters. The summed E-state index contributed by atoms with van der Waals surface area (Å²) in [6, 6.07) is 8.66. The Balaban J connectivity index is 2.11. The summed E-state index contributed by atoms with van der Waals surface area (Å²) in [7, 11) is 2.14. The van der Waals surface area contributed by atoms with Gasteiger partial charge in [-0.2, -0.15) is 5.26 Å². The van der Waals surface area contributed by atoms with Crippen molar-refractivity contribution in [2.45, 2.75) is 25.9 Å². The molecule has 1 fully saturated rings. The van der Waals surface area contributed by atoms with E-state index < -0.39 is 0 Å². The SMILES string of the molecule is CC1CN(C)CC(CC#N)N(Cc2ccccn2)C1. The standard InChI is InChI=1S/C15H22N4/c1-13-9-18(2)12-15(6-7-16)19(10-13)11-14-5-3-4-8-17-14/h3-5,8,13,15H,6,9-12H2,1-2H3. The van der Waals surface area contributed by atoms with Crippen LogP contribution < -0.4 is 0 Å². The van der Waals surface area contributed by atoms with E-state index >= 15 is 0 Å². The molecule has 0 bridgehead atoms. The fraction of sp³-hybridized carbons (Fsp3) is 0.600. The van der Waals surface area contributed by atoms with Gasteiger partial charge in [0, 0.05) is 38.4 Å². The number of nitrogens with zero attached hydrogens (tertiary/aromatic N) is 4. The van der Waals surface area contributed by atoms with Crippen LogP contribution in [0.3, 0.4) is 0 Å². The Hall–Kier alpha value is -1.44. The Morgan fingerprint density at radius 1 is 1.37 bits per heavy atom. The monoisotopic (exact) mass is 258 g/mol. The summed E-state index contributed by atoms with van der Waals surface area (Å²) < 4.78 is 0. The quantitative estimate of drug-likeness (QED) is 0.828. The number of aromatic nitrogens is 1. The molecule has 1 aromatic heterocycles. The lowest BCUT2D eigenvalue weighted by Gasteiger charge is -2.29. The van der Waals surface area contributed by atoms with Crippen molar-refractivity contribution < 1.29 is 0 Å². The van der Waals surface area contributed by atoms with Gasteiger partial charge in [-0.3, -0.25) is 9.88 Å². The Labute approximate surface area is 115 Å². The molecule has 0 saturated carbocycles. The zero-order valence-electron chi connectivity index (χ0n) is 11.8. The Morgan fingerprint density at radius 2 is 2.21 bits per heavy atom. The van der Waals surface area contributed by atoms with Gasteiger partial charge in [-0.15, -0.1) is 0 Å². The highest BCUT2D eigenvalue weighted by Crippen LogP contribution is 2.17. The molecule has 0 spiro atoms. The fourth-order valence-corrected chi connectivity index (χ4v) is 2.88. The van der Waals surface area contributed by atoms with Gasteiger partial charge in [0.15, 0.2) is 0 Å². The molecule has 0 aliphatic carbocycles. The van der Waals surface area contributed by atoms with Crippen LogP contribution in [0.5, 0.6) is 0 Å². The van der Waals surface area contributed by atoms with E-state index in [1.165, 1.54) is 0 Å². The molecule has 4 heteroatoms. The summed E-state index contributed by atoms with van der Waals surface area (Å²) in [6.45, 7) is 6.21. The zero-order valence-corrected chi connectivity index (χ0v) is 11.8. The average Bonchev–Trinajstić information content (AvgIpc) is 2.50. The summed E-state index contributed by atoms with van der Waals surface area (Å²) >= 11 is 0. The van der Waals surface area contributed by atoms with E-state index in [0.29, 0.717) is 18.4 Å². The molecule has 1 aromatic rings. The second kappa shape index (κ2) is 6.65. The van der Waals surface area contributed by atoms with E-state index in [1.807, 2.05) is 18.3 Å². The molecule has 1 aliphatic rings. The number of hydrogen-bond donors (Lipinski definition) is 0. The summed E-state index contributed by atoms with van der Waals surface area (Å²) in [4.78, 5) is 9.16. The van der Waals surface area contributed by atoms with Crippen LogP contribution in [0.15, 0.2) is 24.4 Å². The lowest BCUT2D eigenvalue weighted by molar-refractivity contribution is 0.174. The van der Waals surface area contributed by atoms with Crippen LogP contribution >= 0.6 is 0 Å². The molecule has 1 saturated heterocycles. The van der Waals surface area contributed by atoms with Crippen molar-refractivity contribution in [1.82, 2.24) is 14.8 Å². The molecule has 0 radical (unpaired) electrons. The van der Waals surface area contributed by atoms with Gasteiger partial charge in [0.2, 0.25) is 0 Å². The van der Waals surface area contributed by atoms with Gasteiger partial charge in [0.05, 0.1) is 18.2 Å². The Bertz CT molecular complexity index is 426. The van der Waals surface area contributed by atoms with Crippen LogP contribution in [0, 0.1) is 17.2 Å². The molecule has 0 amide bonds. The summed E-state index contributed by atoms with van der Waals surface area (Å²) in [5, 5.41) is 9.04. The first kappa shape index (κ1) is 14.0. The number of pyridine rings is 1. The lowest BCUT2D eigenvalue weighted by Crippen LogP contribution is -2.40. The van der Waals surface area contributed by atoms with Gasteiger partial charge in [-0.05, 0) is 25.1 Å². The predicted molar refractivity (Wildman–Crippen MR) is 75.3 cm³/mol. The van der Waals surface area contributed by atoms with Crippen molar-refractivity contribution in [3.8, 4) is 6.07 Å². The van der Waals surface area contributed by atoms with Crippen molar-refractivity contribution in [1.29, 1.82) is 5.26 Å². The number of rotatable bonds is 3. The molecule has 19 heavy (non-hydrogen) atoms. The van der Waals surface area contributed by atoms with Crippen molar-refractivity contribution >= 4 is 0 Å². The highest BCUT2D eigenvalue weighted by Gasteiger charge is 2.26. The average molecular weight is 258 g/mol. The highest BCUT2D eigenvalue weighted by atomic mass is 15.2. The maximum absolute atomic E-state index is 9.04. The van der Waals surface area contributed by atoms with Crippen molar-refractivity contribution in [2.24, 2.45) is 5.92 Å². The van der Waals surface area contributed by atoms with E-state index in [4.69, 9.17) is 5.26 Å². The molecule has 102 valence electrons. The third-order valence-electron chi connectivity index (χ3n) is 3.63. The molecule has 0 N–H and O–H groups in total. The molecule has 2 unspecified atom stereocenters. The van der Waals surface area contributed by atoms with Gasteiger partial charge in [0.25, 0.3) is 0 Å². The van der Waals surface area contributed by atoms with Crippen molar-refractivity contribution in [2.75, 3.05) is 26.7 Å². The first-order chi connectivity index (χ1) is 9.19. The van der Waals surface area contributed by atoms with Gasteiger partial charge in [0.1, 0.15) is 0 Å². The molecule has 2 heterocycles. The first-order valence-electron chi connectivity index (χ1n) is 6.88. The number of nitriles is 1. The minimum Gasteiger partial charge on any atom is -0.304 e. The van der Waals surface area contributed by atoms with Gasteiger partial charge in [-0.25, -0.2) is 0 Å². The van der Waals surface area contributed by atoms with E-state index in [1.54, 1.807) is 0 Å². The van der Waals surface area contributed by atoms with Gasteiger partial charge in [-0.1, -0.05) is 13.0 Å². The topological polar surface area (TPSA) is 43.2 Å². The number of likely N-dealkylation sites (N-methyl/N-ethyl adjacent to an activating group) is 1. The molecular formula is C15H22N4. The second-order valence-electron chi connectivity index (χ2n) is 5.59. The molecular weight excluding hydrogens is 236 g/mol. The normalized spacial score (nSPS) is 25.7. The van der Waals surface area contributed by atoms with Crippen LogP contribution in [-0.2, 0) is 6.54 Å². The van der Waals surface area contributed by atoms with Crippen LogP contribution in [0.4, 0.5) is 0 Å². The minimum atomic E-state index is 0.307. The van der Waals surface area contributed by atoms with Gasteiger partial charge >= 0.3 is 0 Å². The van der Waals surface area contributed by atoms with Crippen LogP contribution in [-0.4, -0.2) is 47.5 Å². The third kappa shape index (κ3) is 4.02. The van der Waals surface area contributed by atoms with Crippen LogP contribution in [0.1, 0.15) is 19.0 Å². The maximum atomic E-state index is 9.04. The minimum absolute atomic E-state index is 0.307. The summed E-state index contributed by atoms with van der Waals surface area (Å²) in [5.74, 6) is 0.623. The third-order valence-corrected chi connectivity index (χ3v) is 3.63. The number of hydrogen-bond acceptors (Lipinski definition) is 4. The predicted octanol–water partition coefficient (Wildman–Crippen LogP) is 1.75. The van der Waals surface area contributed by atoms with E-state index in [2.05, 4.69) is 40.9 Å². The molecule has 2 rings (SSSR count). The summed E-state index contributed by atoms with van der Waals surface area (Å²) in [6.07, 6.45) is 2.42. The fourth-order valence-electron chi connectivity index (χ4n) is 2.88. The van der Waals surface area contributed by atoms with Crippen LogP contribution in [0.2, 0.25) is 0 Å².